The highest BCUT2D eigenvalue weighted by Crippen LogP contribution is 2.06. The standard InChI is InChI=1S/C6H6O.C3H6O3/c7-6-4-2-1-3-5-6;4-6-2-3-1-5-3/h1-5,7H;3-4H,1-2H2. The van der Waals surface area contributed by atoms with E-state index in [0.29, 0.717) is 12.4 Å². The molecule has 4 nitrogen and oxygen atoms in total. The Morgan fingerprint density at radius 2 is 2.00 bits per heavy atom. The summed E-state index contributed by atoms with van der Waals surface area (Å²) in [6.07, 6.45) is 0.176. The minimum atomic E-state index is 0.176. The molecule has 1 unspecified atom stereocenters. The largest absolute Gasteiger partial charge is 0.508 e. The number of epoxide rings is 1. The third kappa shape index (κ3) is 5.19. The van der Waals surface area contributed by atoms with Crippen molar-refractivity contribution in [2.75, 3.05) is 13.2 Å². The van der Waals surface area contributed by atoms with E-state index in [2.05, 4.69) is 9.62 Å². The van der Waals surface area contributed by atoms with Crippen LogP contribution in [0.25, 0.3) is 0 Å². The van der Waals surface area contributed by atoms with Crippen molar-refractivity contribution in [2.24, 2.45) is 0 Å². The van der Waals surface area contributed by atoms with Crippen LogP contribution in [0.1, 0.15) is 0 Å². The van der Waals surface area contributed by atoms with E-state index in [1.165, 1.54) is 0 Å². The normalized spacial score (nSPS) is 18.7. The molecule has 0 aliphatic carbocycles. The van der Waals surface area contributed by atoms with Crippen LogP contribution in [0.15, 0.2) is 30.3 Å². The van der Waals surface area contributed by atoms with Gasteiger partial charge in [0.15, 0.2) is 0 Å². The number of para-hydroxylation sites is 1. The van der Waals surface area contributed by atoms with E-state index in [1.54, 1.807) is 24.3 Å². The van der Waals surface area contributed by atoms with Crippen LogP contribution in [-0.4, -0.2) is 29.7 Å². The summed E-state index contributed by atoms with van der Waals surface area (Å²) in [5, 5.41) is 16.3. The molecule has 1 aromatic carbocycles. The van der Waals surface area contributed by atoms with Crippen LogP contribution in [0.4, 0.5) is 0 Å². The first-order valence-electron chi connectivity index (χ1n) is 3.95. The van der Waals surface area contributed by atoms with Gasteiger partial charge in [0.1, 0.15) is 18.5 Å². The Kier molecular flexibility index (Phi) is 4.25. The molecule has 0 bridgehead atoms. The molecule has 0 saturated carbocycles. The first-order chi connectivity index (χ1) is 6.33. The monoisotopic (exact) mass is 184 g/mol. The third-order valence-corrected chi connectivity index (χ3v) is 1.42. The number of phenolic OH excluding ortho intramolecular Hbond substituents is 1. The summed E-state index contributed by atoms with van der Waals surface area (Å²) in [5.74, 6) is 0.322. The highest BCUT2D eigenvalue weighted by molar-refractivity contribution is 5.18. The number of ether oxygens (including phenoxy) is 1. The highest BCUT2D eigenvalue weighted by Gasteiger charge is 2.21. The maximum absolute atomic E-state index is 8.63. The molecular formula is C9H12O4. The SMILES string of the molecule is OOCC1CO1.Oc1ccccc1. The molecule has 0 spiro atoms. The summed E-state index contributed by atoms with van der Waals surface area (Å²) in [6.45, 7) is 1.06. The molecule has 2 rings (SSSR count). The Morgan fingerprint density at radius 1 is 1.38 bits per heavy atom. The summed E-state index contributed by atoms with van der Waals surface area (Å²) in [6, 6.07) is 8.71. The fourth-order valence-corrected chi connectivity index (χ4v) is 0.675. The predicted octanol–water partition coefficient (Wildman–Crippen LogP) is 1.27. The van der Waals surface area contributed by atoms with E-state index in [4.69, 9.17) is 10.4 Å². The van der Waals surface area contributed by atoms with Crippen molar-refractivity contribution < 1.29 is 20.0 Å². The van der Waals surface area contributed by atoms with E-state index in [1.807, 2.05) is 6.07 Å². The second-order valence-corrected chi connectivity index (χ2v) is 2.59. The van der Waals surface area contributed by atoms with Gasteiger partial charge in [0, 0.05) is 0 Å². The summed E-state index contributed by atoms with van der Waals surface area (Å²) in [4.78, 5) is 3.74. The molecule has 0 amide bonds. The number of aromatic hydroxyl groups is 1. The summed E-state index contributed by atoms with van der Waals surface area (Å²) >= 11 is 0. The minimum absolute atomic E-state index is 0.176. The summed E-state index contributed by atoms with van der Waals surface area (Å²) < 4.78 is 4.66. The van der Waals surface area contributed by atoms with Gasteiger partial charge in [-0.05, 0) is 12.1 Å². The molecule has 0 aromatic heterocycles. The molecular weight excluding hydrogens is 172 g/mol. The zero-order valence-electron chi connectivity index (χ0n) is 7.09. The van der Waals surface area contributed by atoms with Gasteiger partial charge in [0.2, 0.25) is 0 Å². The lowest BCUT2D eigenvalue weighted by molar-refractivity contribution is -0.244. The number of rotatable bonds is 2. The molecule has 72 valence electrons. The quantitative estimate of drug-likeness (QED) is 0.412. The van der Waals surface area contributed by atoms with E-state index in [-0.39, 0.29) is 6.10 Å². The van der Waals surface area contributed by atoms with Crippen molar-refractivity contribution in [3.05, 3.63) is 30.3 Å². The van der Waals surface area contributed by atoms with Crippen molar-refractivity contribution in [1.29, 1.82) is 0 Å². The van der Waals surface area contributed by atoms with Gasteiger partial charge in [-0.3, -0.25) is 5.26 Å². The molecule has 1 fully saturated rings. The number of phenols is 1. The van der Waals surface area contributed by atoms with E-state index in [9.17, 15) is 0 Å². The lowest BCUT2D eigenvalue weighted by Gasteiger charge is -1.82. The van der Waals surface area contributed by atoms with Crippen LogP contribution in [-0.2, 0) is 9.62 Å². The van der Waals surface area contributed by atoms with Gasteiger partial charge in [-0.15, -0.1) is 0 Å². The van der Waals surface area contributed by atoms with Crippen molar-refractivity contribution in [1.82, 2.24) is 0 Å². The van der Waals surface area contributed by atoms with Crippen LogP contribution in [0.2, 0.25) is 0 Å². The Balaban J connectivity index is 0.000000132. The lowest BCUT2D eigenvalue weighted by Crippen LogP contribution is -1.95. The fraction of sp³-hybridized carbons (Fsp3) is 0.333. The molecule has 2 N–H and O–H groups in total. The van der Waals surface area contributed by atoms with Crippen LogP contribution in [0.3, 0.4) is 0 Å². The van der Waals surface area contributed by atoms with E-state index < -0.39 is 0 Å². The first kappa shape index (κ1) is 9.98. The maximum Gasteiger partial charge on any atom is 0.115 e. The molecule has 1 saturated heterocycles. The van der Waals surface area contributed by atoms with E-state index in [0.717, 1.165) is 6.61 Å². The van der Waals surface area contributed by atoms with Gasteiger partial charge >= 0.3 is 0 Å². The second-order valence-electron chi connectivity index (χ2n) is 2.59. The Labute approximate surface area is 76.3 Å². The highest BCUT2D eigenvalue weighted by atomic mass is 17.1. The summed E-state index contributed by atoms with van der Waals surface area (Å²) in [7, 11) is 0. The zero-order chi connectivity index (χ0) is 9.52. The molecule has 1 heterocycles. The molecule has 0 radical (unpaired) electrons. The third-order valence-electron chi connectivity index (χ3n) is 1.42. The summed E-state index contributed by atoms with van der Waals surface area (Å²) in [5.41, 5.74) is 0. The lowest BCUT2D eigenvalue weighted by atomic mass is 10.3. The van der Waals surface area contributed by atoms with Crippen molar-refractivity contribution in [2.45, 2.75) is 6.10 Å². The molecule has 13 heavy (non-hydrogen) atoms. The van der Waals surface area contributed by atoms with Crippen molar-refractivity contribution in [3.63, 3.8) is 0 Å². The Hall–Kier alpha value is -1.10. The van der Waals surface area contributed by atoms with Crippen LogP contribution < -0.4 is 0 Å². The molecule has 1 aliphatic rings. The van der Waals surface area contributed by atoms with Gasteiger partial charge in [0.05, 0.1) is 6.61 Å². The number of benzene rings is 1. The van der Waals surface area contributed by atoms with Gasteiger partial charge in [-0.2, -0.15) is 0 Å². The van der Waals surface area contributed by atoms with Crippen LogP contribution >= 0.6 is 0 Å². The number of hydrogen-bond donors (Lipinski definition) is 2. The minimum Gasteiger partial charge on any atom is -0.508 e. The predicted molar refractivity (Wildman–Crippen MR) is 46.4 cm³/mol. The average Bonchev–Trinajstić information content (AvgIpc) is 2.91. The number of hydrogen-bond acceptors (Lipinski definition) is 4. The van der Waals surface area contributed by atoms with Crippen molar-refractivity contribution >= 4 is 0 Å². The Bertz CT molecular complexity index is 220. The van der Waals surface area contributed by atoms with Crippen molar-refractivity contribution in [3.8, 4) is 5.75 Å². The topological polar surface area (TPSA) is 62.2 Å². The van der Waals surface area contributed by atoms with Crippen LogP contribution in [0, 0.1) is 0 Å². The zero-order valence-corrected chi connectivity index (χ0v) is 7.09. The second kappa shape index (κ2) is 5.53. The first-order valence-corrected chi connectivity index (χ1v) is 3.95. The molecule has 1 aromatic rings. The van der Waals surface area contributed by atoms with Crippen LogP contribution in [0.5, 0.6) is 5.75 Å². The maximum atomic E-state index is 8.63. The van der Waals surface area contributed by atoms with E-state index >= 15 is 0 Å². The van der Waals surface area contributed by atoms with Gasteiger partial charge in [-0.25, -0.2) is 4.89 Å². The fourth-order valence-electron chi connectivity index (χ4n) is 0.675. The van der Waals surface area contributed by atoms with Gasteiger partial charge < -0.3 is 9.84 Å². The molecule has 1 atom stereocenters. The molecule has 4 heteroatoms. The Morgan fingerprint density at radius 3 is 2.23 bits per heavy atom. The van der Waals surface area contributed by atoms with Gasteiger partial charge in [0.25, 0.3) is 0 Å². The molecule has 1 aliphatic heterocycles. The average molecular weight is 184 g/mol. The smallest absolute Gasteiger partial charge is 0.115 e. The van der Waals surface area contributed by atoms with Gasteiger partial charge in [-0.1, -0.05) is 18.2 Å².